The number of alkyl halides is 3. The Labute approximate surface area is 256 Å². The molecule has 1 amide bonds. The van der Waals surface area contributed by atoms with Crippen LogP contribution in [-0.4, -0.2) is 50.1 Å². The second kappa shape index (κ2) is 14.1. The number of H-pyrrole nitrogens is 1. The number of benzene rings is 2. The highest BCUT2D eigenvalue weighted by Crippen LogP contribution is 2.33. The second-order valence-corrected chi connectivity index (χ2v) is 10.6. The number of hydrogen-bond acceptors (Lipinski definition) is 8. The van der Waals surface area contributed by atoms with Crippen molar-refractivity contribution in [3.63, 3.8) is 0 Å². The monoisotopic (exact) mass is 624 g/mol. The van der Waals surface area contributed by atoms with Crippen molar-refractivity contribution in [2.24, 2.45) is 5.92 Å². The number of esters is 2. The zero-order valence-electron chi connectivity index (χ0n) is 24.8. The van der Waals surface area contributed by atoms with E-state index in [-0.39, 0.29) is 18.8 Å². The third-order valence-corrected chi connectivity index (χ3v) is 6.97. The fraction of sp³-hybridized carbons (Fsp3) is 0.312. The Kier molecular flexibility index (Phi) is 10.3. The molecule has 45 heavy (non-hydrogen) atoms. The minimum absolute atomic E-state index is 0.0390. The molecule has 0 unspecified atom stereocenters. The second-order valence-electron chi connectivity index (χ2n) is 10.6. The SMILES string of the molecule is CCCCC(=O)N(Cc1ccc(-c2cc(-c3ccccc3)ccc2-c2noc(=O)[nH]2)nc1)[C@H](C(=O)OC(=O)C(F)(F)F)C(C)C. The number of rotatable bonds is 11. The summed E-state index contributed by atoms with van der Waals surface area (Å²) in [4.78, 5) is 57.4. The van der Waals surface area contributed by atoms with E-state index in [0.717, 1.165) is 16.0 Å². The summed E-state index contributed by atoms with van der Waals surface area (Å²) >= 11 is 0. The molecule has 0 fully saturated rings. The molecule has 0 saturated heterocycles. The van der Waals surface area contributed by atoms with Gasteiger partial charge >= 0.3 is 23.9 Å². The number of nitrogens with one attached hydrogen (secondary N) is 1. The van der Waals surface area contributed by atoms with Gasteiger partial charge in [-0.2, -0.15) is 13.2 Å². The molecule has 0 aliphatic carbocycles. The number of ether oxygens (including phenoxy) is 1. The highest BCUT2D eigenvalue weighted by Gasteiger charge is 2.45. The summed E-state index contributed by atoms with van der Waals surface area (Å²) in [5.41, 5.74) is 3.90. The van der Waals surface area contributed by atoms with Crippen LogP contribution in [0.1, 0.15) is 45.6 Å². The van der Waals surface area contributed by atoms with Crippen LogP contribution in [0.3, 0.4) is 0 Å². The predicted octanol–water partition coefficient (Wildman–Crippen LogP) is 5.93. The van der Waals surface area contributed by atoms with Gasteiger partial charge in [-0.15, -0.1) is 0 Å². The molecule has 2 heterocycles. The molecule has 0 bridgehead atoms. The first-order valence-electron chi connectivity index (χ1n) is 14.2. The van der Waals surface area contributed by atoms with E-state index < -0.39 is 41.7 Å². The summed E-state index contributed by atoms with van der Waals surface area (Å²) in [6.45, 7) is 4.77. The summed E-state index contributed by atoms with van der Waals surface area (Å²) in [6.07, 6.45) is -2.71. The van der Waals surface area contributed by atoms with E-state index in [9.17, 15) is 32.3 Å². The average molecular weight is 625 g/mol. The Morgan fingerprint density at radius 3 is 2.31 bits per heavy atom. The number of pyridine rings is 1. The zero-order valence-corrected chi connectivity index (χ0v) is 24.8. The molecule has 0 saturated carbocycles. The van der Waals surface area contributed by atoms with E-state index in [0.29, 0.717) is 35.2 Å². The van der Waals surface area contributed by atoms with Crippen LogP contribution in [0.15, 0.2) is 76.2 Å². The van der Waals surface area contributed by atoms with Gasteiger partial charge < -0.3 is 9.64 Å². The van der Waals surface area contributed by atoms with Crippen molar-refractivity contribution in [2.45, 2.75) is 58.8 Å². The lowest BCUT2D eigenvalue weighted by atomic mass is 9.96. The van der Waals surface area contributed by atoms with Gasteiger partial charge in [0, 0.05) is 30.3 Å². The van der Waals surface area contributed by atoms with Crippen LogP contribution < -0.4 is 5.76 Å². The fourth-order valence-corrected chi connectivity index (χ4v) is 4.77. The number of nitrogens with zero attached hydrogens (tertiary/aromatic N) is 3. The maximum atomic E-state index is 13.2. The van der Waals surface area contributed by atoms with Gasteiger partial charge in [0.1, 0.15) is 6.04 Å². The molecular formula is C32H31F3N4O6. The van der Waals surface area contributed by atoms with Crippen molar-refractivity contribution in [1.82, 2.24) is 20.0 Å². The summed E-state index contributed by atoms with van der Waals surface area (Å²) in [7, 11) is 0. The summed E-state index contributed by atoms with van der Waals surface area (Å²) in [5, 5.41) is 3.81. The van der Waals surface area contributed by atoms with Crippen molar-refractivity contribution in [3.05, 3.63) is 83.0 Å². The molecule has 4 rings (SSSR count). The van der Waals surface area contributed by atoms with E-state index in [1.165, 1.54) is 6.20 Å². The first-order valence-corrected chi connectivity index (χ1v) is 14.2. The molecule has 13 heteroatoms. The number of carbonyl (C=O) groups is 3. The maximum Gasteiger partial charge on any atom is 0.491 e. The molecule has 4 aromatic rings. The zero-order chi connectivity index (χ0) is 32.7. The molecule has 0 spiro atoms. The van der Waals surface area contributed by atoms with Crippen molar-refractivity contribution in [1.29, 1.82) is 0 Å². The number of aromatic nitrogens is 3. The smallest absolute Gasteiger partial charge is 0.385 e. The van der Waals surface area contributed by atoms with Gasteiger partial charge in [0.05, 0.1) is 5.69 Å². The highest BCUT2D eigenvalue weighted by atomic mass is 19.4. The van der Waals surface area contributed by atoms with Gasteiger partial charge in [-0.25, -0.2) is 14.4 Å². The van der Waals surface area contributed by atoms with Crippen molar-refractivity contribution in [3.8, 4) is 33.8 Å². The van der Waals surface area contributed by atoms with Crippen molar-refractivity contribution < 1.29 is 36.8 Å². The first-order chi connectivity index (χ1) is 21.4. The Morgan fingerprint density at radius 1 is 1.00 bits per heavy atom. The number of aromatic amines is 1. The van der Waals surface area contributed by atoms with Gasteiger partial charge in [0.2, 0.25) is 5.91 Å². The Morgan fingerprint density at radius 2 is 1.73 bits per heavy atom. The van der Waals surface area contributed by atoms with Gasteiger partial charge in [-0.3, -0.25) is 19.3 Å². The third-order valence-electron chi connectivity index (χ3n) is 6.97. The van der Waals surface area contributed by atoms with E-state index in [2.05, 4.69) is 19.9 Å². The first kappa shape index (κ1) is 32.8. The molecule has 2 aromatic carbocycles. The number of hydrogen-bond donors (Lipinski definition) is 1. The molecule has 0 aliphatic rings. The Bertz CT molecular complexity index is 1700. The average Bonchev–Trinajstić information content (AvgIpc) is 3.45. The minimum Gasteiger partial charge on any atom is -0.385 e. The standard InChI is InChI=1S/C32H31F3N4O6/c1-4-5-11-26(40)39(27(19(2)3)29(41)44-30(42)32(33,34)35)18-20-12-15-25(36-17-20)24-16-22(21-9-7-6-8-10-21)13-14-23(24)28-37-31(43)45-38-28/h6-10,12-17,19,27H,4-5,11,18H2,1-3H3,(H,37,38,43)/t27-/m0/s1. The largest absolute Gasteiger partial charge is 0.491 e. The number of unbranched alkanes of at least 4 members (excludes halogenated alkanes) is 1. The summed E-state index contributed by atoms with van der Waals surface area (Å²) in [6, 6.07) is 17.0. The minimum atomic E-state index is -5.37. The molecule has 1 atom stereocenters. The van der Waals surface area contributed by atoms with Crippen LogP contribution in [0.4, 0.5) is 13.2 Å². The van der Waals surface area contributed by atoms with Crippen molar-refractivity contribution >= 4 is 17.8 Å². The molecule has 10 nitrogen and oxygen atoms in total. The lowest BCUT2D eigenvalue weighted by Gasteiger charge is -2.32. The fourth-order valence-electron chi connectivity index (χ4n) is 4.77. The quantitative estimate of drug-likeness (QED) is 0.160. The number of carbonyl (C=O) groups excluding carboxylic acids is 3. The van der Waals surface area contributed by atoms with E-state index in [1.54, 1.807) is 32.0 Å². The number of halogens is 3. The summed E-state index contributed by atoms with van der Waals surface area (Å²) in [5.74, 6) is -5.81. The predicted molar refractivity (Wildman–Crippen MR) is 157 cm³/mol. The normalized spacial score (nSPS) is 12.2. The molecule has 0 radical (unpaired) electrons. The third kappa shape index (κ3) is 8.11. The molecular weight excluding hydrogens is 593 g/mol. The number of amides is 1. The molecule has 236 valence electrons. The van der Waals surface area contributed by atoms with Crippen LogP contribution >= 0.6 is 0 Å². The molecule has 2 aromatic heterocycles. The van der Waals surface area contributed by atoms with Crippen LogP contribution in [0, 0.1) is 5.92 Å². The van der Waals surface area contributed by atoms with Gasteiger partial charge in [0.25, 0.3) is 0 Å². The van der Waals surface area contributed by atoms with E-state index >= 15 is 0 Å². The molecule has 1 N–H and O–H groups in total. The van der Waals surface area contributed by atoms with Crippen LogP contribution in [0.2, 0.25) is 0 Å². The topological polar surface area (TPSA) is 135 Å². The van der Waals surface area contributed by atoms with Gasteiger partial charge in [-0.1, -0.05) is 74.8 Å². The van der Waals surface area contributed by atoms with E-state index in [1.807, 2.05) is 49.4 Å². The van der Waals surface area contributed by atoms with Gasteiger partial charge in [0.15, 0.2) is 5.82 Å². The lowest BCUT2D eigenvalue weighted by Crippen LogP contribution is -2.49. The van der Waals surface area contributed by atoms with Gasteiger partial charge in [-0.05, 0) is 47.2 Å². The Hall–Kier alpha value is -5.07. The summed E-state index contributed by atoms with van der Waals surface area (Å²) < 4.78 is 47.4. The van der Waals surface area contributed by atoms with Crippen molar-refractivity contribution in [2.75, 3.05) is 0 Å². The van der Waals surface area contributed by atoms with Crippen LogP contribution in [-0.2, 0) is 25.7 Å². The Balaban J connectivity index is 1.69. The highest BCUT2D eigenvalue weighted by molar-refractivity contribution is 5.93. The molecule has 0 aliphatic heterocycles. The van der Waals surface area contributed by atoms with Crippen LogP contribution in [0.5, 0.6) is 0 Å². The lowest BCUT2D eigenvalue weighted by molar-refractivity contribution is -0.204. The van der Waals surface area contributed by atoms with Crippen LogP contribution in [0.25, 0.3) is 33.8 Å². The maximum absolute atomic E-state index is 13.2. The van der Waals surface area contributed by atoms with E-state index in [4.69, 9.17) is 4.52 Å².